The molecule has 0 bridgehead atoms. The van der Waals surface area contributed by atoms with Crippen molar-refractivity contribution in [1.29, 1.82) is 0 Å². The van der Waals surface area contributed by atoms with Crippen LogP contribution in [0.3, 0.4) is 0 Å². The van der Waals surface area contributed by atoms with Gasteiger partial charge in [-0.2, -0.15) is 0 Å². The molecule has 3 N–H and O–H groups in total. The molecule has 0 saturated carbocycles. The normalized spacial score (nSPS) is 18.0. The van der Waals surface area contributed by atoms with Gasteiger partial charge in [0, 0.05) is 19.6 Å². The highest BCUT2D eigenvalue weighted by molar-refractivity contribution is 5.76. The number of nitrogens with zero attached hydrogens (tertiary/aromatic N) is 3. The molecule has 0 radical (unpaired) electrons. The van der Waals surface area contributed by atoms with E-state index >= 15 is 0 Å². The molecule has 1 atom stereocenters. The fraction of sp³-hybridized carbons (Fsp3) is 0.389. The first-order valence-electron chi connectivity index (χ1n) is 8.41. The van der Waals surface area contributed by atoms with Gasteiger partial charge in [-0.3, -0.25) is 9.69 Å². The summed E-state index contributed by atoms with van der Waals surface area (Å²) in [7, 11) is 0. The molecule has 0 unspecified atom stereocenters. The van der Waals surface area contributed by atoms with Crippen molar-refractivity contribution in [1.82, 2.24) is 14.9 Å². The Bertz CT molecular complexity index is 722. The predicted octanol–water partition coefficient (Wildman–Crippen LogP) is 1.93. The fourth-order valence-electron chi connectivity index (χ4n) is 3.11. The topological polar surface area (TPSA) is 84.1 Å². The van der Waals surface area contributed by atoms with Crippen LogP contribution in [0, 0.1) is 11.7 Å². The van der Waals surface area contributed by atoms with Crippen molar-refractivity contribution in [2.75, 3.05) is 18.4 Å². The quantitative estimate of drug-likeness (QED) is 0.837. The molecule has 3 rings (SSSR count). The molecule has 2 heterocycles. The Morgan fingerprint density at radius 2 is 2.08 bits per heavy atom. The number of piperidine rings is 1. The average molecular weight is 343 g/mol. The Labute approximate surface area is 146 Å². The van der Waals surface area contributed by atoms with Gasteiger partial charge in [-0.15, -0.1) is 0 Å². The van der Waals surface area contributed by atoms with Gasteiger partial charge >= 0.3 is 0 Å². The largest absolute Gasteiger partial charge is 0.369 e. The zero-order valence-corrected chi connectivity index (χ0v) is 14.0. The number of likely N-dealkylation sites (tertiary alicyclic amines) is 1. The van der Waals surface area contributed by atoms with Crippen LogP contribution in [0.1, 0.15) is 24.0 Å². The number of benzene rings is 1. The smallest absolute Gasteiger partial charge is 0.223 e. The van der Waals surface area contributed by atoms with Gasteiger partial charge in [0.2, 0.25) is 11.9 Å². The Morgan fingerprint density at radius 3 is 2.84 bits per heavy atom. The number of nitrogens with one attached hydrogen (secondary N) is 1. The minimum atomic E-state index is -0.455. The molecule has 1 saturated heterocycles. The second kappa shape index (κ2) is 8.02. The van der Waals surface area contributed by atoms with Gasteiger partial charge in [0.25, 0.3) is 0 Å². The second-order valence-electron chi connectivity index (χ2n) is 6.38. The molecule has 1 fully saturated rings. The summed E-state index contributed by atoms with van der Waals surface area (Å²) in [5, 5.41) is 3.08. The highest BCUT2D eigenvalue weighted by atomic mass is 19.1. The summed E-state index contributed by atoms with van der Waals surface area (Å²) in [5.74, 6) is -0.313. The fourth-order valence-corrected chi connectivity index (χ4v) is 3.11. The van der Waals surface area contributed by atoms with E-state index in [2.05, 4.69) is 32.3 Å². The van der Waals surface area contributed by atoms with Gasteiger partial charge < -0.3 is 11.1 Å². The summed E-state index contributed by atoms with van der Waals surface area (Å²) in [5.41, 5.74) is 7.72. The van der Waals surface area contributed by atoms with Crippen LogP contribution in [0.5, 0.6) is 0 Å². The standard InChI is InChI=1S/C18H22FN5O/c19-16-9-22-18(23-10-16)21-8-13-3-1-4-14(7-13)11-24-6-2-5-15(12-24)17(20)25/h1,3-4,7,9-10,15H,2,5-6,8,11-12H2,(H2,20,25)(H,21,22,23)/t15-/m1/s1. The van der Waals surface area contributed by atoms with Crippen LogP contribution in [0.25, 0.3) is 0 Å². The molecule has 25 heavy (non-hydrogen) atoms. The molecular weight excluding hydrogens is 321 g/mol. The predicted molar refractivity (Wildman–Crippen MR) is 93.0 cm³/mol. The Hall–Kier alpha value is -2.54. The number of nitrogens with two attached hydrogens (primary N) is 1. The molecule has 1 amide bonds. The van der Waals surface area contributed by atoms with Crippen molar-refractivity contribution < 1.29 is 9.18 Å². The molecule has 1 aliphatic heterocycles. The van der Waals surface area contributed by atoms with E-state index in [1.807, 2.05) is 12.1 Å². The lowest BCUT2D eigenvalue weighted by Gasteiger charge is -2.31. The Kier molecular flexibility index (Phi) is 5.55. The number of aromatic nitrogens is 2. The molecule has 0 spiro atoms. The summed E-state index contributed by atoms with van der Waals surface area (Å²) in [4.78, 5) is 21.4. The van der Waals surface area contributed by atoms with E-state index in [0.717, 1.165) is 50.4 Å². The van der Waals surface area contributed by atoms with Gasteiger partial charge in [0.1, 0.15) is 0 Å². The maximum Gasteiger partial charge on any atom is 0.223 e. The summed E-state index contributed by atoms with van der Waals surface area (Å²) >= 11 is 0. The maximum absolute atomic E-state index is 12.8. The minimum Gasteiger partial charge on any atom is -0.369 e. The highest BCUT2D eigenvalue weighted by Crippen LogP contribution is 2.19. The van der Waals surface area contributed by atoms with Crippen LogP contribution in [0.2, 0.25) is 0 Å². The average Bonchev–Trinajstić information content (AvgIpc) is 2.62. The van der Waals surface area contributed by atoms with Crippen molar-refractivity contribution in [3.8, 4) is 0 Å². The SMILES string of the molecule is NC(=O)[C@@H]1CCCN(Cc2cccc(CNc3ncc(F)cn3)c2)C1. The summed E-state index contributed by atoms with van der Waals surface area (Å²) in [6.45, 7) is 3.06. The minimum absolute atomic E-state index is 0.0470. The first-order valence-corrected chi connectivity index (χ1v) is 8.41. The lowest BCUT2D eigenvalue weighted by atomic mass is 9.97. The number of primary amides is 1. The van der Waals surface area contributed by atoms with Crippen molar-refractivity contribution in [2.24, 2.45) is 11.7 Å². The number of rotatable bonds is 6. The molecule has 1 aromatic heterocycles. The van der Waals surface area contributed by atoms with Crippen molar-refractivity contribution in [3.63, 3.8) is 0 Å². The third kappa shape index (κ3) is 4.96. The highest BCUT2D eigenvalue weighted by Gasteiger charge is 2.23. The Balaban J connectivity index is 1.57. The van der Waals surface area contributed by atoms with Gasteiger partial charge in [0.05, 0.1) is 18.3 Å². The van der Waals surface area contributed by atoms with Crippen LogP contribution in [-0.2, 0) is 17.9 Å². The van der Waals surface area contributed by atoms with E-state index in [1.165, 1.54) is 5.56 Å². The molecule has 6 nitrogen and oxygen atoms in total. The van der Waals surface area contributed by atoms with E-state index in [4.69, 9.17) is 5.73 Å². The first-order chi connectivity index (χ1) is 12.1. The van der Waals surface area contributed by atoms with E-state index in [0.29, 0.717) is 12.5 Å². The van der Waals surface area contributed by atoms with Crippen LogP contribution in [0.15, 0.2) is 36.7 Å². The van der Waals surface area contributed by atoms with Gasteiger partial charge in [-0.25, -0.2) is 14.4 Å². The van der Waals surface area contributed by atoms with Crippen LogP contribution >= 0.6 is 0 Å². The van der Waals surface area contributed by atoms with Crippen LogP contribution < -0.4 is 11.1 Å². The third-order valence-electron chi connectivity index (χ3n) is 4.38. The van der Waals surface area contributed by atoms with Crippen molar-refractivity contribution in [3.05, 3.63) is 53.6 Å². The van der Waals surface area contributed by atoms with Crippen LogP contribution in [-0.4, -0.2) is 33.9 Å². The third-order valence-corrected chi connectivity index (χ3v) is 4.38. The van der Waals surface area contributed by atoms with E-state index in [-0.39, 0.29) is 11.8 Å². The summed E-state index contributed by atoms with van der Waals surface area (Å²) < 4.78 is 12.8. The number of hydrogen-bond acceptors (Lipinski definition) is 5. The van der Waals surface area contributed by atoms with Gasteiger partial charge in [-0.1, -0.05) is 24.3 Å². The second-order valence-corrected chi connectivity index (χ2v) is 6.38. The van der Waals surface area contributed by atoms with Crippen molar-refractivity contribution >= 4 is 11.9 Å². The summed E-state index contributed by atoms with van der Waals surface area (Å²) in [6, 6.07) is 8.21. The van der Waals surface area contributed by atoms with E-state index < -0.39 is 5.82 Å². The van der Waals surface area contributed by atoms with E-state index in [9.17, 15) is 9.18 Å². The number of carbonyl (C=O) groups excluding carboxylic acids is 1. The monoisotopic (exact) mass is 343 g/mol. The first kappa shape index (κ1) is 17.3. The summed E-state index contributed by atoms with van der Waals surface area (Å²) in [6.07, 6.45) is 4.15. The van der Waals surface area contributed by atoms with Gasteiger partial charge in [-0.05, 0) is 30.5 Å². The number of hydrogen-bond donors (Lipinski definition) is 2. The molecule has 2 aromatic rings. The number of carbonyl (C=O) groups is 1. The zero-order chi connectivity index (χ0) is 17.6. The lowest BCUT2D eigenvalue weighted by Crippen LogP contribution is -2.40. The van der Waals surface area contributed by atoms with Crippen LogP contribution in [0.4, 0.5) is 10.3 Å². The number of halogens is 1. The zero-order valence-electron chi connectivity index (χ0n) is 14.0. The number of anilines is 1. The molecular formula is C18H22FN5O. The molecule has 7 heteroatoms. The molecule has 0 aliphatic carbocycles. The molecule has 1 aliphatic rings. The maximum atomic E-state index is 12.8. The van der Waals surface area contributed by atoms with Crippen molar-refractivity contribution in [2.45, 2.75) is 25.9 Å². The number of amides is 1. The molecule has 132 valence electrons. The Morgan fingerprint density at radius 1 is 1.32 bits per heavy atom. The van der Waals surface area contributed by atoms with Gasteiger partial charge in [0.15, 0.2) is 5.82 Å². The van der Waals surface area contributed by atoms with E-state index in [1.54, 1.807) is 0 Å². The molecule has 1 aromatic carbocycles. The lowest BCUT2D eigenvalue weighted by molar-refractivity contribution is -0.123.